The van der Waals surface area contributed by atoms with Crippen molar-refractivity contribution >= 4 is 11.6 Å². The third-order valence-corrected chi connectivity index (χ3v) is 5.44. The SMILES string of the molecule is COc1cc(NC2CCCN(C(=O)C3CCCC(F)(F)C3)C2)cc(OC)c1. The molecule has 1 saturated heterocycles. The van der Waals surface area contributed by atoms with Crippen molar-refractivity contribution in [3.8, 4) is 11.5 Å². The van der Waals surface area contributed by atoms with E-state index in [2.05, 4.69) is 5.32 Å². The van der Waals surface area contributed by atoms with E-state index in [1.54, 1.807) is 25.2 Å². The zero-order chi connectivity index (χ0) is 19.4. The first-order valence-corrected chi connectivity index (χ1v) is 9.56. The Morgan fingerprint density at radius 2 is 1.85 bits per heavy atom. The van der Waals surface area contributed by atoms with Crippen molar-refractivity contribution < 1.29 is 23.0 Å². The number of hydrogen-bond donors (Lipinski definition) is 1. The van der Waals surface area contributed by atoms with Crippen LogP contribution in [-0.2, 0) is 4.79 Å². The molecule has 1 heterocycles. The van der Waals surface area contributed by atoms with Gasteiger partial charge in [0.05, 0.1) is 14.2 Å². The molecule has 150 valence electrons. The number of carbonyl (C=O) groups is 1. The summed E-state index contributed by atoms with van der Waals surface area (Å²) in [6.07, 6.45) is 2.35. The summed E-state index contributed by atoms with van der Waals surface area (Å²) >= 11 is 0. The minimum Gasteiger partial charge on any atom is -0.497 e. The molecule has 3 rings (SSSR count). The van der Waals surface area contributed by atoms with Gasteiger partial charge in [0, 0.05) is 61.8 Å². The third kappa shape index (κ3) is 5.02. The number of hydrogen-bond acceptors (Lipinski definition) is 4. The lowest BCUT2D eigenvalue weighted by atomic mass is 9.85. The van der Waals surface area contributed by atoms with Crippen molar-refractivity contribution in [3.63, 3.8) is 0 Å². The first-order valence-electron chi connectivity index (χ1n) is 9.56. The molecule has 2 fully saturated rings. The van der Waals surface area contributed by atoms with Gasteiger partial charge in [0.15, 0.2) is 0 Å². The lowest BCUT2D eigenvalue weighted by Crippen LogP contribution is -2.48. The number of alkyl halides is 2. The smallest absolute Gasteiger partial charge is 0.248 e. The molecule has 2 unspecified atom stereocenters. The fraction of sp³-hybridized carbons (Fsp3) is 0.650. The van der Waals surface area contributed by atoms with E-state index < -0.39 is 11.8 Å². The number of amides is 1. The van der Waals surface area contributed by atoms with Gasteiger partial charge in [-0.1, -0.05) is 0 Å². The Morgan fingerprint density at radius 3 is 2.48 bits per heavy atom. The normalized spacial score (nSPS) is 25.0. The maximum atomic E-state index is 13.7. The highest BCUT2D eigenvalue weighted by Gasteiger charge is 2.41. The summed E-state index contributed by atoms with van der Waals surface area (Å²) in [5.41, 5.74) is 0.856. The lowest BCUT2D eigenvalue weighted by Gasteiger charge is -2.37. The number of rotatable bonds is 5. The fourth-order valence-corrected chi connectivity index (χ4v) is 4.06. The van der Waals surface area contributed by atoms with Crippen molar-refractivity contribution in [2.75, 3.05) is 32.6 Å². The largest absolute Gasteiger partial charge is 0.497 e. The first kappa shape index (κ1) is 19.7. The van der Waals surface area contributed by atoms with Crippen LogP contribution < -0.4 is 14.8 Å². The Kier molecular flexibility index (Phi) is 6.07. The average Bonchev–Trinajstić information content (AvgIpc) is 2.66. The van der Waals surface area contributed by atoms with Crippen LogP contribution in [-0.4, -0.2) is 50.1 Å². The molecule has 1 aliphatic carbocycles. The average molecular weight is 382 g/mol. The Bertz CT molecular complexity index is 646. The molecule has 1 aromatic rings. The van der Waals surface area contributed by atoms with Crippen LogP contribution in [0.4, 0.5) is 14.5 Å². The van der Waals surface area contributed by atoms with Crippen LogP contribution >= 0.6 is 0 Å². The van der Waals surface area contributed by atoms with Gasteiger partial charge < -0.3 is 19.7 Å². The predicted molar refractivity (Wildman–Crippen MR) is 99.7 cm³/mol. The van der Waals surface area contributed by atoms with Gasteiger partial charge in [0.2, 0.25) is 11.8 Å². The maximum absolute atomic E-state index is 13.7. The second-order valence-electron chi connectivity index (χ2n) is 7.52. The summed E-state index contributed by atoms with van der Waals surface area (Å²) in [7, 11) is 3.19. The Balaban J connectivity index is 1.63. The van der Waals surface area contributed by atoms with E-state index in [1.807, 2.05) is 12.1 Å². The molecule has 2 atom stereocenters. The second kappa shape index (κ2) is 8.31. The highest BCUT2D eigenvalue weighted by atomic mass is 19.3. The van der Waals surface area contributed by atoms with Gasteiger partial charge in [-0.2, -0.15) is 0 Å². The second-order valence-corrected chi connectivity index (χ2v) is 7.52. The zero-order valence-corrected chi connectivity index (χ0v) is 16.0. The minimum atomic E-state index is -2.71. The number of benzene rings is 1. The molecule has 0 bridgehead atoms. The topological polar surface area (TPSA) is 50.8 Å². The molecule has 7 heteroatoms. The monoisotopic (exact) mass is 382 g/mol. The molecule has 1 amide bonds. The number of anilines is 1. The van der Waals surface area contributed by atoms with Crippen molar-refractivity contribution in [1.29, 1.82) is 0 Å². The van der Waals surface area contributed by atoms with Gasteiger partial charge in [-0.25, -0.2) is 8.78 Å². The highest BCUT2D eigenvalue weighted by Crippen LogP contribution is 2.38. The number of ether oxygens (including phenoxy) is 2. The standard InChI is InChI=1S/C20H28F2N2O3/c1-26-17-9-16(10-18(11-17)27-2)23-15-6-4-8-24(13-15)19(25)14-5-3-7-20(21,22)12-14/h9-11,14-15,23H,3-8,12-13H2,1-2H3. The van der Waals surface area contributed by atoms with E-state index in [0.717, 1.165) is 18.5 Å². The number of nitrogens with zero attached hydrogens (tertiary/aromatic N) is 1. The number of piperidine rings is 1. The van der Waals surface area contributed by atoms with Crippen LogP contribution in [0.1, 0.15) is 38.5 Å². The summed E-state index contributed by atoms with van der Waals surface area (Å²) in [6.45, 7) is 1.17. The third-order valence-electron chi connectivity index (χ3n) is 5.44. The van der Waals surface area contributed by atoms with E-state index >= 15 is 0 Å². The number of carbonyl (C=O) groups excluding carboxylic acids is 1. The van der Waals surface area contributed by atoms with Gasteiger partial charge in [-0.05, 0) is 25.7 Å². The molecule has 0 radical (unpaired) electrons. The van der Waals surface area contributed by atoms with E-state index in [0.29, 0.717) is 37.4 Å². The van der Waals surface area contributed by atoms with E-state index in [4.69, 9.17) is 9.47 Å². The van der Waals surface area contributed by atoms with Crippen LogP contribution in [0.3, 0.4) is 0 Å². The van der Waals surface area contributed by atoms with Crippen molar-refractivity contribution in [2.45, 2.75) is 50.5 Å². The lowest BCUT2D eigenvalue weighted by molar-refractivity contribution is -0.143. The molecule has 5 nitrogen and oxygen atoms in total. The Hall–Kier alpha value is -2.05. The molecular formula is C20H28F2N2O3. The quantitative estimate of drug-likeness (QED) is 0.838. The minimum absolute atomic E-state index is 0.0728. The maximum Gasteiger partial charge on any atom is 0.248 e. The van der Waals surface area contributed by atoms with Crippen LogP contribution in [0.25, 0.3) is 0 Å². The molecule has 1 saturated carbocycles. The van der Waals surface area contributed by atoms with Crippen molar-refractivity contribution in [2.24, 2.45) is 5.92 Å². The van der Waals surface area contributed by atoms with Gasteiger partial charge >= 0.3 is 0 Å². The van der Waals surface area contributed by atoms with Gasteiger partial charge in [-0.3, -0.25) is 4.79 Å². The molecule has 1 N–H and O–H groups in total. The van der Waals surface area contributed by atoms with Gasteiger partial charge in [0.1, 0.15) is 11.5 Å². The molecule has 27 heavy (non-hydrogen) atoms. The van der Waals surface area contributed by atoms with E-state index in [1.165, 1.54) is 0 Å². The zero-order valence-electron chi connectivity index (χ0n) is 16.0. The van der Waals surface area contributed by atoms with E-state index in [9.17, 15) is 13.6 Å². The van der Waals surface area contributed by atoms with Crippen LogP contribution in [0.15, 0.2) is 18.2 Å². The molecule has 1 aliphatic heterocycles. The van der Waals surface area contributed by atoms with Crippen molar-refractivity contribution in [1.82, 2.24) is 4.90 Å². The number of methoxy groups -OCH3 is 2. The van der Waals surface area contributed by atoms with Crippen molar-refractivity contribution in [3.05, 3.63) is 18.2 Å². The summed E-state index contributed by atoms with van der Waals surface area (Å²) < 4.78 is 37.9. The van der Waals surface area contributed by atoms with Crippen LogP contribution in [0.2, 0.25) is 0 Å². The van der Waals surface area contributed by atoms with Gasteiger partial charge in [-0.15, -0.1) is 0 Å². The highest BCUT2D eigenvalue weighted by molar-refractivity contribution is 5.79. The first-order chi connectivity index (χ1) is 12.9. The predicted octanol–water partition coefficient (Wildman–Crippen LogP) is 3.93. The van der Waals surface area contributed by atoms with Crippen LogP contribution in [0, 0.1) is 5.92 Å². The Labute approximate surface area is 159 Å². The number of likely N-dealkylation sites (tertiary alicyclic amines) is 1. The molecular weight excluding hydrogens is 354 g/mol. The molecule has 2 aliphatic rings. The summed E-state index contributed by atoms with van der Waals surface area (Å²) in [5, 5.41) is 3.43. The summed E-state index contributed by atoms with van der Waals surface area (Å²) in [5.74, 6) is -2.01. The van der Waals surface area contributed by atoms with E-state index in [-0.39, 0.29) is 24.8 Å². The summed E-state index contributed by atoms with van der Waals surface area (Å²) in [4.78, 5) is 14.5. The number of nitrogens with one attached hydrogen (secondary N) is 1. The van der Waals surface area contributed by atoms with Gasteiger partial charge in [0.25, 0.3) is 0 Å². The Morgan fingerprint density at radius 1 is 1.15 bits per heavy atom. The molecule has 0 spiro atoms. The van der Waals surface area contributed by atoms with Crippen LogP contribution in [0.5, 0.6) is 11.5 Å². The number of halogens is 2. The fourth-order valence-electron chi connectivity index (χ4n) is 4.06. The summed E-state index contributed by atoms with van der Waals surface area (Å²) in [6, 6.07) is 5.63. The molecule has 1 aromatic carbocycles. The molecule has 0 aromatic heterocycles.